The van der Waals surface area contributed by atoms with Crippen molar-refractivity contribution in [3.05, 3.63) is 71.3 Å². The maximum absolute atomic E-state index is 13.6. The minimum atomic E-state index is -1.40. The molecule has 2 aliphatic rings. The van der Waals surface area contributed by atoms with Gasteiger partial charge in [-0.2, -0.15) is 5.26 Å². The van der Waals surface area contributed by atoms with Gasteiger partial charge in [-0.15, -0.1) is 0 Å². The topological polar surface area (TPSA) is 84.0 Å². The number of esters is 1. The standard InChI is InChI=1S/C27H29N3O3/c1-19(2)32-26(31)27(17-20-13-15-21(18-28)16-14-20)25(29-23-11-7-4-8-12-23)33-24(30-27)22-9-5-3-6-10-22/h3,5-6,9-10,13-16,19,23H,4,7-8,11-12,17H2,1-2H3/t27-/m0/s1. The van der Waals surface area contributed by atoms with Gasteiger partial charge in [-0.3, -0.25) is 0 Å². The molecule has 1 aliphatic carbocycles. The zero-order valence-electron chi connectivity index (χ0n) is 19.2. The van der Waals surface area contributed by atoms with Crippen LogP contribution in [0, 0.1) is 11.3 Å². The minimum Gasteiger partial charge on any atom is -0.461 e. The summed E-state index contributed by atoms with van der Waals surface area (Å²) in [4.78, 5) is 23.4. The summed E-state index contributed by atoms with van der Waals surface area (Å²) >= 11 is 0. The molecule has 0 radical (unpaired) electrons. The Morgan fingerprint density at radius 1 is 1.15 bits per heavy atom. The molecule has 1 saturated carbocycles. The Morgan fingerprint density at radius 3 is 2.48 bits per heavy atom. The van der Waals surface area contributed by atoms with Crippen molar-refractivity contribution < 1.29 is 14.3 Å². The van der Waals surface area contributed by atoms with Crippen molar-refractivity contribution in [1.29, 1.82) is 5.26 Å². The number of nitriles is 1. The highest BCUT2D eigenvalue weighted by Crippen LogP contribution is 2.33. The summed E-state index contributed by atoms with van der Waals surface area (Å²) in [6.45, 7) is 3.64. The van der Waals surface area contributed by atoms with Crippen LogP contribution < -0.4 is 0 Å². The fourth-order valence-electron chi connectivity index (χ4n) is 4.26. The number of aliphatic imine (C=N–C) groups is 2. The molecule has 170 valence electrons. The number of hydrogen-bond acceptors (Lipinski definition) is 6. The highest BCUT2D eigenvalue weighted by atomic mass is 16.6. The molecule has 0 aromatic heterocycles. The lowest BCUT2D eigenvalue weighted by molar-refractivity contribution is -0.151. The predicted octanol–water partition coefficient (Wildman–Crippen LogP) is 5.00. The summed E-state index contributed by atoms with van der Waals surface area (Å²) in [7, 11) is 0. The third-order valence-electron chi connectivity index (χ3n) is 5.96. The van der Waals surface area contributed by atoms with E-state index < -0.39 is 11.5 Å². The van der Waals surface area contributed by atoms with Crippen molar-refractivity contribution in [1.82, 2.24) is 0 Å². The van der Waals surface area contributed by atoms with Gasteiger partial charge in [0.2, 0.25) is 17.3 Å². The van der Waals surface area contributed by atoms with E-state index in [2.05, 4.69) is 6.07 Å². The highest BCUT2D eigenvalue weighted by molar-refractivity contribution is 6.19. The van der Waals surface area contributed by atoms with Crippen LogP contribution in [-0.2, 0) is 20.7 Å². The number of nitrogens with zero attached hydrogens (tertiary/aromatic N) is 3. The molecule has 6 heteroatoms. The second kappa shape index (κ2) is 9.99. The fourth-order valence-corrected chi connectivity index (χ4v) is 4.26. The zero-order chi connectivity index (χ0) is 23.3. The Balaban J connectivity index is 1.80. The van der Waals surface area contributed by atoms with E-state index in [0.29, 0.717) is 17.4 Å². The van der Waals surface area contributed by atoms with E-state index >= 15 is 0 Å². The third-order valence-corrected chi connectivity index (χ3v) is 5.96. The Kier molecular flexibility index (Phi) is 6.88. The van der Waals surface area contributed by atoms with Gasteiger partial charge in [0.25, 0.3) is 0 Å². The summed E-state index contributed by atoms with van der Waals surface area (Å²) in [6, 6.07) is 19.0. The van der Waals surface area contributed by atoms with Crippen LogP contribution >= 0.6 is 0 Å². The van der Waals surface area contributed by atoms with Crippen LogP contribution in [0.15, 0.2) is 64.6 Å². The van der Waals surface area contributed by atoms with Gasteiger partial charge >= 0.3 is 5.97 Å². The normalized spacial score (nSPS) is 22.0. The van der Waals surface area contributed by atoms with E-state index in [-0.39, 0.29) is 18.6 Å². The minimum absolute atomic E-state index is 0.103. The molecular weight excluding hydrogens is 414 g/mol. The molecule has 0 saturated heterocycles. The van der Waals surface area contributed by atoms with Crippen LogP contribution in [0.5, 0.6) is 0 Å². The monoisotopic (exact) mass is 443 g/mol. The Bertz CT molecular complexity index is 1080. The zero-order valence-corrected chi connectivity index (χ0v) is 19.2. The first-order valence-corrected chi connectivity index (χ1v) is 11.6. The van der Waals surface area contributed by atoms with Gasteiger partial charge < -0.3 is 9.47 Å². The lowest BCUT2D eigenvalue weighted by Crippen LogP contribution is -2.47. The number of carbonyl (C=O) groups excluding carboxylic acids is 1. The first-order valence-electron chi connectivity index (χ1n) is 11.6. The second-order valence-electron chi connectivity index (χ2n) is 8.91. The van der Waals surface area contributed by atoms with Crippen LogP contribution in [0.3, 0.4) is 0 Å². The lowest BCUT2D eigenvalue weighted by Gasteiger charge is -2.26. The summed E-state index contributed by atoms with van der Waals surface area (Å²) in [6.07, 6.45) is 5.33. The van der Waals surface area contributed by atoms with Crippen molar-refractivity contribution in [2.24, 2.45) is 9.98 Å². The van der Waals surface area contributed by atoms with Crippen molar-refractivity contribution >= 4 is 17.8 Å². The van der Waals surface area contributed by atoms with Crippen molar-refractivity contribution in [2.45, 2.75) is 70.1 Å². The highest BCUT2D eigenvalue weighted by Gasteiger charge is 2.53. The van der Waals surface area contributed by atoms with Crippen molar-refractivity contribution in [3.63, 3.8) is 0 Å². The average molecular weight is 444 g/mol. The molecule has 0 spiro atoms. The van der Waals surface area contributed by atoms with Crippen LogP contribution in [0.25, 0.3) is 0 Å². The first-order chi connectivity index (χ1) is 16.0. The molecule has 33 heavy (non-hydrogen) atoms. The van der Waals surface area contributed by atoms with Crippen molar-refractivity contribution in [3.8, 4) is 6.07 Å². The van der Waals surface area contributed by atoms with Crippen LogP contribution in [0.2, 0.25) is 0 Å². The number of benzene rings is 2. The largest absolute Gasteiger partial charge is 0.461 e. The third kappa shape index (κ3) is 5.14. The van der Waals surface area contributed by atoms with Gasteiger partial charge in [0, 0.05) is 12.0 Å². The lowest BCUT2D eigenvalue weighted by atomic mass is 9.90. The molecule has 0 N–H and O–H groups in total. The number of rotatable bonds is 6. The molecular formula is C27H29N3O3. The average Bonchev–Trinajstić information content (AvgIpc) is 3.19. The molecule has 0 amide bonds. The maximum atomic E-state index is 13.6. The van der Waals surface area contributed by atoms with Gasteiger partial charge in [0.1, 0.15) is 0 Å². The van der Waals surface area contributed by atoms with Gasteiger partial charge in [-0.25, -0.2) is 14.8 Å². The van der Waals surface area contributed by atoms with Gasteiger partial charge in [-0.05, 0) is 56.5 Å². The second-order valence-corrected chi connectivity index (χ2v) is 8.91. The van der Waals surface area contributed by atoms with Crippen molar-refractivity contribution in [2.75, 3.05) is 0 Å². The van der Waals surface area contributed by atoms with Crippen LogP contribution in [0.1, 0.15) is 62.6 Å². The number of hydrogen-bond donors (Lipinski definition) is 0. The van der Waals surface area contributed by atoms with E-state index in [1.54, 1.807) is 12.1 Å². The van der Waals surface area contributed by atoms with E-state index in [9.17, 15) is 4.79 Å². The predicted molar refractivity (Wildman–Crippen MR) is 127 cm³/mol. The molecule has 6 nitrogen and oxygen atoms in total. The Hall–Kier alpha value is -3.46. The maximum Gasteiger partial charge on any atom is 0.344 e. The summed E-state index contributed by atoms with van der Waals surface area (Å²) in [5.74, 6) is 0.213. The molecule has 2 aromatic carbocycles. The summed E-state index contributed by atoms with van der Waals surface area (Å²) in [5.41, 5.74) is 0.798. The summed E-state index contributed by atoms with van der Waals surface area (Å²) in [5, 5.41) is 9.15. The van der Waals surface area contributed by atoms with E-state index in [0.717, 1.165) is 36.8 Å². The van der Waals surface area contributed by atoms with E-state index in [1.807, 2.05) is 56.3 Å². The molecule has 1 fully saturated rings. The number of carbonyl (C=O) groups is 1. The Labute approximate surface area is 195 Å². The molecule has 4 rings (SSSR count). The molecule has 1 atom stereocenters. The molecule has 1 aliphatic heterocycles. The first kappa shape index (κ1) is 22.7. The number of ether oxygens (including phenoxy) is 2. The summed E-state index contributed by atoms with van der Waals surface area (Å²) < 4.78 is 11.9. The molecule has 2 aromatic rings. The van der Waals surface area contributed by atoms with E-state index in [4.69, 9.17) is 24.7 Å². The van der Waals surface area contributed by atoms with Gasteiger partial charge in [-0.1, -0.05) is 49.6 Å². The quantitative estimate of drug-likeness (QED) is 0.588. The fraction of sp³-hybridized carbons (Fsp3) is 0.407. The van der Waals surface area contributed by atoms with E-state index in [1.165, 1.54) is 6.42 Å². The van der Waals surface area contributed by atoms with Crippen LogP contribution in [0.4, 0.5) is 0 Å². The smallest absolute Gasteiger partial charge is 0.344 e. The van der Waals surface area contributed by atoms with Crippen LogP contribution in [-0.4, -0.2) is 35.4 Å². The van der Waals surface area contributed by atoms with Gasteiger partial charge in [0.15, 0.2) is 0 Å². The Morgan fingerprint density at radius 2 is 1.85 bits per heavy atom. The SMILES string of the molecule is CC(C)OC(=O)[C@@]1(Cc2ccc(C#N)cc2)N=C(c2ccccc2)OC1=NC1CCCCC1. The molecule has 0 bridgehead atoms. The van der Waals surface area contributed by atoms with Gasteiger partial charge in [0.05, 0.1) is 23.8 Å². The molecule has 0 unspecified atom stereocenters. The molecule has 1 heterocycles.